The Balaban J connectivity index is -0.0000000324. The summed E-state index contributed by atoms with van der Waals surface area (Å²) in [7, 11) is -4.67. The molecule has 0 aromatic heterocycles. The van der Waals surface area contributed by atoms with Crippen LogP contribution in [0.25, 0.3) is 0 Å². The molecule has 0 heterocycles. The second-order valence-electron chi connectivity index (χ2n) is 5.48. The Morgan fingerprint density at radius 2 is 0.824 bits per heavy atom. The van der Waals surface area contributed by atoms with Crippen LogP contribution in [0.5, 0.6) is 0 Å². The largest absolute Gasteiger partial charge is 2.00 e. The van der Waals surface area contributed by atoms with Crippen LogP contribution in [0.2, 0.25) is 0 Å². The van der Waals surface area contributed by atoms with E-state index in [0.29, 0.717) is 0 Å². The average molecular weight is 583 g/mol. The maximum absolute atomic E-state index is 10.1. The normalized spacial score (nSPS) is 17.3. The van der Waals surface area contributed by atoms with Crippen LogP contribution < -0.4 is 29.6 Å². The molecule has 14 N–H and O–H groups in total. The van der Waals surface area contributed by atoms with Crippen LogP contribution in [0, 0.1) is 0 Å². The Hall–Kier alpha value is 1.44. The van der Waals surface area contributed by atoms with Crippen LogP contribution in [0.4, 0.5) is 0 Å². The average Bonchev–Trinajstić information content (AvgIpc) is 2.67. The Kier molecular flexibility index (Phi) is 35.3. The molecule has 198 valence electrons. The van der Waals surface area contributed by atoms with E-state index in [1.807, 2.05) is 0 Å². The quantitative estimate of drug-likeness (QED) is 0.0838. The van der Waals surface area contributed by atoms with Crippen molar-refractivity contribution in [1.29, 1.82) is 0 Å². The van der Waals surface area contributed by atoms with Crippen molar-refractivity contribution in [2.45, 2.75) is 48.8 Å². The first-order valence-electron chi connectivity index (χ1n) is 7.65. The van der Waals surface area contributed by atoms with Gasteiger partial charge in [-0.05, 0) is 0 Å². The van der Waals surface area contributed by atoms with Gasteiger partial charge < -0.3 is 68.4 Å². The second kappa shape index (κ2) is 24.8. The Labute approximate surface area is 267 Å². The first-order chi connectivity index (χ1) is 13.8. The molecule has 8 atom stereocenters. The van der Waals surface area contributed by atoms with E-state index >= 15 is 0 Å². The third-order valence-electron chi connectivity index (χ3n) is 3.02. The van der Waals surface area contributed by atoms with Crippen molar-refractivity contribution in [2.75, 3.05) is 13.2 Å². The van der Waals surface area contributed by atoms with E-state index < -0.39 is 84.4 Å². The SMILES string of the molecule is O=C(O)[C@H](O)[C@@H](O)[C@H](O)[C@H](O)CO.O=C(O)[C@H](O)[C@@H](O)[C@H](O)[C@H](O)CO.O=S(=O)(O)O.[Ca+2].[H-].[H-].[H-].[H-].[H-].[Mg+2].[Na+]. The molecule has 0 radical (unpaired) electrons. The maximum atomic E-state index is 10.1. The Bertz CT molecular complexity index is 604. The fraction of sp³-hybridized carbons (Fsp3) is 0.833. The van der Waals surface area contributed by atoms with Crippen LogP contribution in [0.3, 0.4) is 0 Å². The molecule has 0 unspecified atom stereocenters. The predicted octanol–water partition coefficient (Wildman–Crippen LogP) is -10.8. The molecular weight excluding hydrogens is 552 g/mol. The third-order valence-corrected chi connectivity index (χ3v) is 3.02. The second-order valence-corrected chi connectivity index (χ2v) is 6.37. The summed E-state index contributed by atoms with van der Waals surface area (Å²) in [5.74, 6) is -3.45. The topological polar surface area (TPSA) is 352 Å². The van der Waals surface area contributed by atoms with Gasteiger partial charge in [0.25, 0.3) is 0 Å². The molecule has 0 fully saturated rings. The van der Waals surface area contributed by atoms with Crippen molar-refractivity contribution < 1.29 is 125 Å². The molecular formula is C12H31CaMgNaO18S. The number of hydrogen-bond donors (Lipinski definition) is 14. The number of aliphatic hydroxyl groups is 10. The first kappa shape index (κ1) is 48.5. The van der Waals surface area contributed by atoms with Gasteiger partial charge in [0.05, 0.1) is 13.2 Å². The van der Waals surface area contributed by atoms with Crippen LogP contribution in [0.1, 0.15) is 7.13 Å². The predicted molar refractivity (Wildman–Crippen MR) is 109 cm³/mol. The minimum atomic E-state index is -4.67. The number of hydrogen-bond acceptors (Lipinski definition) is 14. The van der Waals surface area contributed by atoms with E-state index in [0.717, 1.165) is 0 Å². The number of rotatable bonds is 10. The fourth-order valence-electron chi connectivity index (χ4n) is 1.34. The molecule has 0 aliphatic heterocycles. The number of aliphatic carboxylic acids is 2. The van der Waals surface area contributed by atoms with E-state index in [2.05, 4.69) is 0 Å². The van der Waals surface area contributed by atoms with Crippen molar-refractivity contribution in [3.63, 3.8) is 0 Å². The van der Waals surface area contributed by atoms with Crippen molar-refractivity contribution in [3.05, 3.63) is 0 Å². The molecule has 34 heavy (non-hydrogen) atoms. The van der Waals surface area contributed by atoms with Crippen LogP contribution >= 0.6 is 0 Å². The zero-order valence-corrected chi connectivity index (χ0v) is 24.2. The van der Waals surface area contributed by atoms with Gasteiger partial charge in [0.2, 0.25) is 0 Å². The fourth-order valence-corrected chi connectivity index (χ4v) is 1.34. The standard InChI is InChI=1S/2C6H12O7.Ca.Mg.Na.H2O4S.5H/c2*7-1-2(8)3(9)4(10)5(11)6(12)13;;;;1-5(2,3)4;;;;;/h2*2-5,7-11H,1H2,(H,12,13);;;;(H2,1,2,3,4);;;;;/q;;2*+2;+1;;5*-1/t2*2-,3-,4+,5-;;;;;;;;;/m11........./s1. The van der Waals surface area contributed by atoms with Gasteiger partial charge in [-0.25, -0.2) is 9.59 Å². The number of carboxylic acid groups (broad SMARTS) is 2. The third kappa shape index (κ3) is 25.1. The number of carboxylic acids is 2. The van der Waals surface area contributed by atoms with Gasteiger partial charge in [-0.2, -0.15) is 8.42 Å². The molecule has 0 saturated carbocycles. The molecule has 0 aliphatic carbocycles. The van der Waals surface area contributed by atoms with E-state index in [-0.39, 0.29) is 97.5 Å². The van der Waals surface area contributed by atoms with E-state index in [1.54, 1.807) is 0 Å². The van der Waals surface area contributed by atoms with Crippen LogP contribution in [0.15, 0.2) is 0 Å². The molecule has 0 rings (SSSR count). The zero-order valence-electron chi connectivity index (χ0n) is 22.7. The Morgan fingerprint density at radius 3 is 0.941 bits per heavy atom. The zero-order chi connectivity index (χ0) is 25.7. The van der Waals surface area contributed by atoms with Crippen molar-refractivity contribution in [3.8, 4) is 0 Å². The smallest absolute Gasteiger partial charge is 1.00 e. The minimum Gasteiger partial charge on any atom is -1.00 e. The monoisotopic (exact) mass is 582 g/mol. The van der Waals surface area contributed by atoms with Gasteiger partial charge in [-0.3, -0.25) is 9.11 Å². The molecule has 0 aromatic carbocycles. The van der Waals surface area contributed by atoms with Gasteiger partial charge in [-0.1, -0.05) is 0 Å². The van der Waals surface area contributed by atoms with Crippen molar-refractivity contribution >= 4 is 83.1 Å². The summed E-state index contributed by atoms with van der Waals surface area (Å²) in [6.07, 6.45) is -15.7. The molecule has 0 amide bonds. The maximum Gasteiger partial charge on any atom is 2.00 e. The van der Waals surface area contributed by atoms with Crippen LogP contribution in [-0.4, -0.2) is 214 Å². The summed E-state index contributed by atoms with van der Waals surface area (Å²) < 4.78 is 31.6. The summed E-state index contributed by atoms with van der Waals surface area (Å²) in [6, 6.07) is 0. The van der Waals surface area contributed by atoms with E-state index in [1.165, 1.54) is 0 Å². The van der Waals surface area contributed by atoms with E-state index in [4.69, 9.17) is 78.8 Å². The van der Waals surface area contributed by atoms with E-state index in [9.17, 15) is 9.59 Å². The van der Waals surface area contributed by atoms with Crippen LogP contribution in [-0.2, 0) is 20.0 Å². The van der Waals surface area contributed by atoms with Gasteiger partial charge in [0.1, 0.15) is 36.6 Å². The van der Waals surface area contributed by atoms with Crippen molar-refractivity contribution in [1.82, 2.24) is 0 Å². The summed E-state index contributed by atoms with van der Waals surface area (Å²) >= 11 is 0. The number of aliphatic hydroxyl groups excluding tert-OH is 10. The van der Waals surface area contributed by atoms with Gasteiger partial charge >= 0.3 is 113 Å². The van der Waals surface area contributed by atoms with Gasteiger partial charge in [0, 0.05) is 0 Å². The molecule has 0 saturated heterocycles. The summed E-state index contributed by atoms with van der Waals surface area (Å²) in [5, 5.41) is 104. The molecule has 0 spiro atoms. The molecule has 22 heteroatoms. The molecule has 0 bridgehead atoms. The molecule has 0 aliphatic rings. The Morgan fingerprint density at radius 1 is 0.647 bits per heavy atom. The summed E-state index contributed by atoms with van der Waals surface area (Å²) in [6.45, 7) is -1.69. The van der Waals surface area contributed by atoms with Gasteiger partial charge in [0.15, 0.2) is 12.2 Å². The van der Waals surface area contributed by atoms with Gasteiger partial charge in [-0.15, -0.1) is 0 Å². The first-order valence-corrected chi connectivity index (χ1v) is 9.04. The summed E-state index contributed by atoms with van der Waals surface area (Å²) in [5.41, 5.74) is 0. The number of carbonyl (C=O) groups is 2. The minimum absolute atomic E-state index is 0. The molecule has 18 nitrogen and oxygen atoms in total. The summed E-state index contributed by atoms with van der Waals surface area (Å²) in [4.78, 5) is 20.2. The van der Waals surface area contributed by atoms with Crippen molar-refractivity contribution in [2.24, 2.45) is 0 Å². The molecule has 0 aromatic rings.